The van der Waals surface area contributed by atoms with Crippen LogP contribution in [0.2, 0.25) is 0 Å². The SMILES string of the molecule is O=C1C2C=CC1C(c1ccccc1)C2c1ccccc1. The average molecular weight is 260 g/mol. The van der Waals surface area contributed by atoms with E-state index < -0.39 is 0 Å². The zero-order valence-electron chi connectivity index (χ0n) is 11.1. The van der Waals surface area contributed by atoms with Crippen LogP contribution in [0.15, 0.2) is 72.8 Å². The molecule has 2 bridgehead atoms. The van der Waals surface area contributed by atoms with E-state index >= 15 is 0 Å². The van der Waals surface area contributed by atoms with Crippen LogP contribution in [0.25, 0.3) is 0 Å². The molecule has 1 nitrogen and oxygen atoms in total. The number of fused-ring (bicyclic) bond motifs is 2. The number of ketones is 1. The molecule has 2 aromatic rings. The largest absolute Gasteiger partial charge is 0.298 e. The summed E-state index contributed by atoms with van der Waals surface area (Å²) in [6.07, 6.45) is 4.23. The molecule has 0 N–H and O–H groups in total. The van der Waals surface area contributed by atoms with Crippen molar-refractivity contribution in [1.82, 2.24) is 0 Å². The van der Waals surface area contributed by atoms with Crippen LogP contribution < -0.4 is 0 Å². The molecule has 2 aliphatic carbocycles. The fourth-order valence-corrected chi connectivity index (χ4v) is 3.87. The van der Waals surface area contributed by atoms with E-state index in [2.05, 4.69) is 60.7 Å². The molecule has 1 heteroatoms. The summed E-state index contributed by atoms with van der Waals surface area (Å²) in [4.78, 5) is 12.5. The lowest BCUT2D eigenvalue weighted by Crippen LogP contribution is -2.16. The minimum atomic E-state index is 0.0626. The highest BCUT2D eigenvalue weighted by Crippen LogP contribution is 2.55. The van der Waals surface area contributed by atoms with Crippen molar-refractivity contribution in [2.24, 2.45) is 11.8 Å². The Labute approximate surface area is 119 Å². The van der Waals surface area contributed by atoms with Crippen LogP contribution in [0.3, 0.4) is 0 Å². The minimum absolute atomic E-state index is 0.0626. The van der Waals surface area contributed by atoms with Gasteiger partial charge in [0.05, 0.1) is 0 Å². The third-order valence-corrected chi connectivity index (χ3v) is 4.71. The monoisotopic (exact) mass is 260 g/mol. The highest BCUT2D eigenvalue weighted by atomic mass is 16.1. The minimum Gasteiger partial charge on any atom is -0.298 e. The normalized spacial score (nSPS) is 30.9. The molecule has 0 radical (unpaired) electrons. The van der Waals surface area contributed by atoms with Gasteiger partial charge in [0, 0.05) is 23.7 Å². The molecule has 98 valence electrons. The van der Waals surface area contributed by atoms with Gasteiger partial charge < -0.3 is 0 Å². The predicted molar refractivity (Wildman–Crippen MR) is 79.5 cm³/mol. The molecule has 2 aromatic carbocycles. The Bertz CT molecular complexity index is 599. The van der Waals surface area contributed by atoms with Gasteiger partial charge in [0.1, 0.15) is 5.78 Å². The molecule has 0 heterocycles. The van der Waals surface area contributed by atoms with Gasteiger partial charge in [-0.05, 0) is 11.1 Å². The first-order chi connectivity index (χ1) is 9.86. The van der Waals surface area contributed by atoms with E-state index in [0.717, 1.165) is 0 Å². The number of allylic oxidation sites excluding steroid dienone is 2. The summed E-state index contributed by atoms with van der Waals surface area (Å²) in [7, 11) is 0. The van der Waals surface area contributed by atoms with Gasteiger partial charge in [-0.3, -0.25) is 4.79 Å². The van der Waals surface area contributed by atoms with Crippen molar-refractivity contribution in [1.29, 1.82) is 0 Å². The lowest BCUT2D eigenvalue weighted by Gasteiger charge is -2.27. The second-order valence-electron chi connectivity index (χ2n) is 5.71. The lowest BCUT2D eigenvalue weighted by molar-refractivity contribution is -0.121. The predicted octanol–water partition coefficient (Wildman–Crippen LogP) is 3.94. The number of rotatable bonds is 2. The smallest absolute Gasteiger partial charge is 0.147 e. The van der Waals surface area contributed by atoms with E-state index in [-0.39, 0.29) is 11.8 Å². The number of hydrogen-bond acceptors (Lipinski definition) is 1. The molecule has 2 aliphatic rings. The number of hydrogen-bond donors (Lipinski definition) is 0. The molecule has 0 spiro atoms. The molecule has 0 amide bonds. The number of benzene rings is 2. The Kier molecular flexibility index (Phi) is 2.59. The van der Waals surface area contributed by atoms with Gasteiger partial charge in [0.15, 0.2) is 0 Å². The topological polar surface area (TPSA) is 17.1 Å². The fourth-order valence-electron chi connectivity index (χ4n) is 3.87. The fraction of sp³-hybridized carbons (Fsp3) is 0.211. The van der Waals surface area contributed by atoms with E-state index in [1.165, 1.54) is 11.1 Å². The molecule has 4 atom stereocenters. The zero-order valence-corrected chi connectivity index (χ0v) is 11.1. The third-order valence-electron chi connectivity index (χ3n) is 4.71. The van der Waals surface area contributed by atoms with Crippen LogP contribution in [0.5, 0.6) is 0 Å². The van der Waals surface area contributed by atoms with Crippen LogP contribution >= 0.6 is 0 Å². The summed E-state index contributed by atoms with van der Waals surface area (Å²) >= 11 is 0. The summed E-state index contributed by atoms with van der Waals surface area (Å²) in [6, 6.07) is 21.0. The van der Waals surface area contributed by atoms with Crippen molar-refractivity contribution in [3.8, 4) is 0 Å². The van der Waals surface area contributed by atoms with Gasteiger partial charge in [0.2, 0.25) is 0 Å². The molecule has 1 saturated carbocycles. The van der Waals surface area contributed by atoms with Gasteiger partial charge in [0.25, 0.3) is 0 Å². The van der Waals surface area contributed by atoms with Crippen LogP contribution in [-0.2, 0) is 4.79 Å². The van der Waals surface area contributed by atoms with Gasteiger partial charge in [-0.2, -0.15) is 0 Å². The van der Waals surface area contributed by atoms with E-state index in [1.807, 2.05) is 12.1 Å². The standard InChI is InChI=1S/C19H16O/c20-19-15-11-12-16(19)18(14-9-5-2-6-10-14)17(15)13-7-3-1-4-8-13/h1-12,15-18H. The molecule has 0 aromatic heterocycles. The van der Waals surface area contributed by atoms with Crippen molar-refractivity contribution in [2.45, 2.75) is 11.8 Å². The molecular formula is C19H16O. The van der Waals surface area contributed by atoms with Gasteiger partial charge in [-0.15, -0.1) is 0 Å². The lowest BCUT2D eigenvalue weighted by atomic mass is 9.75. The second kappa shape index (κ2) is 4.45. The van der Waals surface area contributed by atoms with Crippen molar-refractivity contribution >= 4 is 5.78 Å². The summed E-state index contributed by atoms with van der Waals surface area (Å²) in [5.74, 6) is 1.11. The summed E-state index contributed by atoms with van der Waals surface area (Å²) < 4.78 is 0. The molecule has 4 rings (SSSR count). The van der Waals surface area contributed by atoms with Crippen molar-refractivity contribution in [2.75, 3.05) is 0 Å². The van der Waals surface area contributed by atoms with Crippen LogP contribution in [0, 0.1) is 11.8 Å². The molecule has 0 aliphatic heterocycles. The maximum Gasteiger partial charge on any atom is 0.147 e. The zero-order chi connectivity index (χ0) is 13.5. The van der Waals surface area contributed by atoms with Crippen LogP contribution in [0.1, 0.15) is 23.0 Å². The van der Waals surface area contributed by atoms with Gasteiger partial charge >= 0.3 is 0 Å². The maximum absolute atomic E-state index is 12.5. The second-order valence-corrected chi connectivity index (χ2v) is 5.71. The maximum atomic E-state index is 12.5. The quantitative estimate of drug-likeness (QED) is 0.747. The van der Waals surface area contributed by atoms with Gasteiger partial charge in [-0.1, -0.05) is 72.8 Å². The van der Waals surface area contributed by atoms with Crippen molar-refractivity contribution < 1.29 is 4.79 Å². The Morgan fingerprint density at radius 1 is 0.600 bits per heavy atom. The van der Waals surface area contributed by atoms with Crippen LogP contribution in [-0.4, -0.2) is 5.78 Å². The van der Waals surface area contributed by atoms with E-state index in [4.69, 9.17) is 0 Å². The summed E-state index contributed by atoms with van der Waals surface area (Å²) in [5.41, 5.74) is 2.57. The third kappa shape index (κ3) is 1.59. The number of carbonyl (C=O) groups is 1. The molecule has 0 saturated heterocycles. The van der Waals surface area contributed by atoms with Gasteiger partial charge in [-0.25, -0.2) is 0 Å². The molecule has 4 unspecified atom stereocenters. The highest BCUT2D eigenvalue weighted by Gasteiger charge is 2.51. The number of carbonyl (C=O) groups excluding carboxylic acids is 1. The van der Waals surface area contributed by atoms with Crippen LogP contribution in [0.4, 0.5) is 0 Å². The first-order valence-corrected chi connectivity index (χ1v) is 7.18. The first kappa shape index (κ1) is 11.7. The Hall–Kier alpha value is -2.15. The first-order valence-electron chi connectivity index (χ1n) is 7.18. The molecule has 1 fully saturated rings. The van der Waals surface area contributed by atoms with E-state index in [1.54, 1.807) is 0 Å². The Balaban J connectivity index is 1.84. The molecule has 20 heavy (non-hydrogen) atoms. The summed E-state index contributed by atoms with van der Waals surface area (Å²) in [6.45, 7) is 0. The van der Waals surface area contributed by atoms with Crippen molar-refractivity contribution in [3.05, 3.63) is 83.9 Å². The van der Waals surface area contributed by atoms with Crippen molar-refractivity contribution in [3.63, 3.8) is 0 Å². The summed E-state index contributed by atoms with van der Waals surface area (Å²) in [5, 5.41) is 0. The molecular weight excluding hydrogens is 244 g/mol. The number of Topliss-reactive ketones (excluding diaryl/α,β-unsaturated/α-hetero) is 1. The van der Waals surface area contributed by atoms with E-state index in [9.17, 15) is 4.79 Å². The Morgan fingerprint density at radius 3 is 1.40 bits per heavy atom. The van der Waals surface area contributed by atoms with E-state index in [0.29, 0.717) is 17.6 Å². The Morgan fingerprint density at radius 2 is 1.00 bits per heavy atom. The average Bonchev–Trinajstić information content (AvgIpc) is 3.02. The highest BCUT2D eigenvalue weighted by molar-refractivity contribution is 5.94.